The van der Waals surface area contributed by atoms with Gasteiger partial charge in [0.05, 0.1) is 6.10 Å². The molecule has 3 saturated carbocycles. The van der Waals surface area contributed by atoms with Gasteiger partial charge >= 0.3 is 11.9 Å². The van der Waals surface area contributed by atoms with Crippen molar-refractivity contribution in [3.8, 4) is 0 Å². The van der Waals surface area contributed by atoms with E-state index in [4.69, 9.17) is 24.6 Å². The summed E-state index contributed by atoms with van der Waals surface area (Å²) in [4.78, 5) is 39.1. The van der Waals surface area contributed by atoms with Crippen LogP contribution in [0.2, 0.25) is 0 Å². The Balaban J connectivity index is 0.000000678. The first-order valence-corrected chi connectivity index (χ1v) is 13.3. The van der Waals surface area contributed by atoms with Crippen LogP contribution in [-0.2, 0) is 19.2 Å². The Labute approximate surface area is 215 Å². The van der Waals surface area contributed by atoms with Gasteiger partial charge in [-0.3, -0.25) is 4.79 Å². The molecule has 9 heteroatoms. The number of hydrogen-bond donors (Lipinski definition) is 3. The average molecular weight is 511 g/mol. The predicted molar refractivity (Wildman–Crippen MR) is 137 cm³/mol. The number of carbonyl (C=O) groups excluding carboxylic acids is 1. The quantitative estimate of drug-likeness (QED) is 0.195. The Morgan fingerprint density at radius 3 is 2.42 bits per heavy atom. The van der Waals surface area contributed by atoms with Crippen LogP contribution in [0.4, 0.5) is 0 Å². The molecule has 0 radical (unpaired) electrons. The molecule has 9 nitrogen and oxygen atoms in total. The third kappa shape index (κ3) is 7.28. The predicted octanol–water partition coefficient (Wildman–Crippen LogP) is 3.69. The number of aliphatic carboxylic acids is 2. The number of carboxylic acids is 2. The lowest BCUT2D eigenvalue weighted by Crippen LogP contribution is -2.56. The zero-order valence-electron chi connectivity index (χ0n) is 22.6. The minimum absolute atomic E-state index is 0.108. The second kappa shape index (κ2) is 13.0. The zero-order chi connectivity index (χ0) is 27.1. The normalized spacial score (nSPS) is 36.0. The molecule has 3 fully saturated rings. The van der Waals surface area contributed by atoms with Gasteiger partial charge in [0, 0.05) is 24.1 Å². The van der Waals surface area contributed by atoms with E-state index in [1.54, 1.807) is 0 Å². The number of ketones is 1. The van der Waals surface area contributed by atoms with Crippen molar-refractivity contribution in [2.45, 2.75) is 84.7 Å². The van der Waals surface area contributed by atoms with Crippen LogP contribution >= 0.6 is 0 Å². The maximum atomic E-state index is 13.5. The van der Waals surface area contributed by atoms with Crippen LogP contribution in [0.15, 0.2) is 5.16 Å². The molecule has 0 saturated heterocycles. The number of fused-ring (bicyclic) bond motifs is 3. The molecule has 0 spiro atoms. The number of nitrogens with zero attached hydrogens (tertiary/aromatic N) is 2. The zero-order valence-corrected chi connectivity index (χ0v) is 22.6. The summed E-state index contributed by atoms with van der Waals surface area (Å²) in [6.07, 6.45) is 10.7. The summed E-state index contributed by atoms with van der Waals surface area (Å²) in [5.41, 5.74) is 0.0545. The van der Waals surface area contributed by atoms with Crippen molar-refractivity contribution in [3.63, 3.8) is 0 Å². The molecule has 0 aliphatic heterocycles. The SMILES string of the molecule is CCC[C@@]1(C)CC[C@H]2[C@@H](CCC3C[C@@H](O)C(C/C=N/OCCN(C)C)C[C@@]32C)C1=O.O=C(O)C(=O)O. The van der Waals surface area contributed by atoms with Crippen molar-refractivity contribution in [1.82, 2.24) is 4.90 Å². The number of aliphatic hydroxyl groups is 1. The van der Waals surface area contributed by atoms with E-state index < -0.39 is 11.9 Å². The van der Waals surface area contributed by atoms with E-state index in [1.807, 2.05) is 20.3 Å². The van der Waals surface area contributed by atoms with Crippen molar-refractivity contribution in [3.05, 3.63) is 0 Å². The Morgan fingerprint density at radius 1 is 1.17 bits per heavy atom. The lowest BCUT2D eigenvalue weighted by atomic mass is 9.45. The molecule has 3 rings (SSSR count). The van der Waals surface area contributed by atoms with Gasteiger partial charge < -0.3 is 25.1 Å². The third-order valence-electron chi connectivity index (χ3n) is 8.97. The monoisotopic (exact) mass is 510 g/mol. The van der Waals surface area contributed by atoms with E-state index in [0.717, 1.165) is 57.9 Å². The molecule has 0 aromatic carbocycles. The fourth-order valence-corrected chi connectivity index (χ4v) is 7.00. The van der Waals surface area contributed by atoms with Gasteiger partial charge in [-0.25, -0.2) is 9.59 Å². The lowest BCUT2D eigenvalue weighted by molar-refractivity contribution is -0.159. The molecule has 0 aromatic heterocycles. The van der Waals surface area contributed by atoms with Crippen molar-refractivity contribution < 1.29 is 34.5 Å². The highest BCUT2D eigenvalue weighted by Crippen LogP contribution is 2.61. The number of Topliss-reactive ketones (excluding diaryl/α,β-unsaturated/α-hetero) is 1. The number of likely N-dealkylation sites (N-methyl/N-ethyl adjacent to an activating group) is 1. The molecule has 36 heavy (non-hydrogen) atoms. The number of rotatable bonds is 8. The fraction of sp³-hybridized carbons (Fsp3) is 0.852. The van der Waals surface area contributed by atoms with E-state index in [2.05, 4.69) is 30.8 Å². The molecule has 3 N–H and O–H groups in total. The maximum Gasteiger partial charge on any atom is 0.414 e. The summed E-state index contributed by atoms with van der Waals surface area (Å²) in [6, 6.07) is 0. The Morgan fingerprint density at radius 2 is 1.83 bits per heavy atom. The summed E-state index contributed by atoms with van der Waals surface area (Å²) in [6.45, 7) is 8.26. The molecular weight excluding hydrogens is 464 g/mol. The molecule has 0 amide bonds. The molecule has 2 unspecified atom stereocenters. The van der Waals surface area contributed by atoms with E-state index in [-0.39, 0.29) is 28.8 Å². The minimum atomic E-state index is -1.82. The van der Waals surface area contributed by atoms with Gasteiger partial charge in [0.25, 0.3) is 0 Å². The van der Waals surface area contributed by atoms with Crippen LogP contribution in [0.25, 0.3) is 0 Å². The number of aliphatic hydroxyl groups excluding tert-OH is 1. The van der Waals surface area contributed by atoms with Crippen LogP contribution in [0.3, 0.4) is 0 Å². The second-order valence-corrected chi connectivity index (χ2v) is 11.7. The molecule has 3 aliphatic carbocycles. The van der Waals surface area contributed by atoms with Crippen LogP contribution < -0.4 is 0 Å². The molecule has 7 atom stereocenters. The van der Waals surface area contributed by atoms with Crippen molar-refractivity contribution in [2.75, 3.05) is 27.2 Å². The first-order chi connectivity index (χ1) is 16.9. The number of hydrogen-bond acceptors (Lipinski definition) is 7. The number of carboxylic acid groups (broad SMARTS) is 2. The fourth-order valence-electron chi connectivity index (χ4n) is 7.00. The maximum absolute atomic E-state index is 13.5. The largest absolute Gasteiger partial charge is 0.473 e. The van der Waals surface area contributed by atoms with Crippen LogP contribution in [0.5, 0.6) is 0 Å². The van der Waals surface area contributed by atoms with Gasteiger partial charge in [0.15, 0.2) is 0 Å². The summed E-state index contributed by atoms with van der Waals surface area (Å²) in [7, 11) is 4.03. The molecule has 3 aliphatic rings. The van der Waals surface area contributed by atoms with Gasteiger partial charge in [-0.2, -0.15) is 0 Å². The van der Waals surface area contributed by atoms with E-state index >= 15 is 0 Å². The minimum Gasteiger partial charge on any atom is -0.473 e. The summed E-state index contributed by atoms with van der Waals surface area (Å²) >= 11 is 0. The molecular formula is C27H46N2O7. The molecule has 0 heterocycles. The van der Waals surface area contributed by atoms with Crippen LogP contribution in [0, 0.1) is 34.5 Å². The number of oxime groups is 1. The standard InChI is InChI=1S/C25H44N2O3.C2H2O4/c1-6-11-24(2)12-9-21-20(23(24)29)8-7-19-16-22(28)18(17-25(19,21)3)10-13-26-30-15-14-27(4)5;3-1(4)2(5)6/h13,18-22,28H,6-12,14-17H2,1-5H3;(H,3,4)(H,5,6)/b26-13+;/t18?,19?,20-,21+,22-,24+,25+;/m1./s1. The third-order valence-corrected chi connectivity index (χ3v) is 8.97. The van der Waals surface area contributed by atoms with E-state index in [1.165, 1.54) is 6.42 Å². The van der Waals surface area contributed by atoms with Crippen LogP contribution in [0.1, 0.15) is 78.6 Å². The summed E-state index contributed by atoms with van der Waals surface area (Å²) in [5, 5.41) is 29.7. The second-order valence-electron chi connectivity index (χ2n) is 11.7. The summed E-state index contributed by atoms with van der Waals surface area (Å²) < 4.78 is 0. The Hall–Kier alpha value is -2.00. The van der Waals surface area contributed by atoms with E-state index in [0.29, 0.717) is 24.2 Å². The number of carbonyl (C=O) groups is 3. The van der Waals surface area contributed by atoms with Gasteiger partial charge in [0.2, 0.25) is 0 Å². The first-order valence-electron chi connectivity index (χ1n) is 13.3. The highest BCUT2D eigenvalue weighted by Gasteiger charge is 2.57. The highest BCUT2D eigenvalue weighted by molar-refractivity contribution is 6.27. The average Bonchev–Trinajstić information content (AvgIpc) is 2.79. The van der Waals surface area contributed by atoms with Crippen molar-refractivity contribution >= 4 is 23.9 Å². The Kier molecular flexibility index (Phi) is 10.9. The lowest BCUT2D eigenvalue weighted by Gasteiger charge is -2.59. The smallest absolute Gasteiger partial charge is 0.414 e. The Bertz CT molecular complexity index is 789. The molecule has 206 valence electrons. The van der Waals surface area contributed by atoms with Gasteiger partial charge in [-0.15, -0.1) is 0 Å². The van der Waals surface area contributed by atoms with Gasteiger partial charge in [0.1, 0.15) is 12.4 Å². The molecule has 0 aromatic rings. The topological polar surface area (TPSA) is 137 Å². The van der Waals surface area contributed by atoms with Crippen molar-refractivity contribution in [1.29, 1.82) is 0 Å². The van der Waals surface area contributed by atoms with Gasteiger partial charge in [-0.1, -0.05) is 32.3 Å². The van der Waals surface area contributed by atoms with Gasteiger partial charge in [-0.05, 0) is 88.6 Å². The van der Waals surface area contributed by atoms with E-state index in [9.17, 15) is 9.90 Å². The van der Waals surface area contributed by atoms with Crippen LogP contribution in [-0.4, -0.2) is 77.5 Å². The first kappa shape index (κ1) is 30.2. The highest BCUT2D eigenvalue weighted by atomic mass is 16.6. The van der Waals surface area contributed by atoms with Crippen molar-refractivity contribution in [2.24, 2.45) is 39.7 Å². The molecule has 0 bridgehead atoms. The summed E-state index contributed by atoms with van der Waals surface area (Å²) in [5.74, 6) is -1.64.